The zero-order valence-electron chi connectivity index (χ0n) is 30.4. The van der Waals surface area contributed by atoms with Crippen LogP contribution in [-0.4, -0.2) is 9.97 Å². The van der Waals surface area contributed by atoms with Crippen LogP contribution in [0.15, 0.2) is 206 Å². The predicted molar refractivity (Wildman–Crippen MR) is 234 cm³/mol. The van der Waals surface area contributed by atoms with E-state index in [1.165, 1.54) is 59.1 Å². The van der Waals surface area contributed by atoms with Gasteiger partial charge in [-0.1, -0.05) is 176 Å². The van der Waals surface area contributed by atoms with E-state index >= 15 is 0 Å². The molecular weight excluding hydrogens is 697 g/mol. The molecule has 0 unspecified atom stereocenters. The van der Waals surface area contributed by atoms with E-state index < -0.39 is 5.41 Å². The van der Waals surface area contributed by atoms with Crippen LogP contribution in [0.5, 0.6) is 0 Å². The minimum absolute atomic E-state index is 0.500. The van der Waals surface area contributed by atoms with Crippen molar-refractivity contribution >= 4 is 31.5 Å². The Kier molecular flexibility index (Phi) is 7.61. The van der Waals surface area contributed by atoms with E-state index in [0.717, 1.165) is 33.6 Å². The van der Waals surface area contributed by atoms with Crippen molar-refractivity contribution in [1.82, 2.24) is 9.97 Å². The van der Waals surface area contributed by atoms with E-state index in [1.54, 1.807) is 0 Å². The predicted octanol–water partition coefficient (Wildman–Crippen LogP) is 13.9. The lowest BCUT2D eigenvalue weighted by Gasteiger charge is -2.34. The van der Waals surface area contributed by atoms with Crippen LogP contribution in [0.2, 0.25) is 0 Å². The Morgan fingerprint density at radius 3 is 1.68 bits per heavy atom. The van der Waals surface area contributed by atoms with Gasteiger partial charge >= 0.3 is 0 Å². The Hall–Kier alpha value is -6.94. The highest BCUT2D eigenvalue weighted by Crippen LogP contribution is 2.56. The molecule has 2 heterocycles. The molecule has 8 aromatic carbocycles. The first-order valence-electron chi connectivity index (χ1n) is 19.1. The Labute approximate surface area is 330 Å². The van der Waals surface area contributed by atoms with E-state index in [2.05, 4.69) is 200 Å². The summed E-state index contributed by atoms with van der Waals surface area (Å²) in [5.41, 5.74) is 14.2. The van der Waals surface area contributed by atoms with E-state index in [1.807, 2.05) is 17.4 Å². The Morgan fingerprint density at radius 1 is 0.339 bits per heavy atom. The summed E-state index contributed by atoms with van der Waals surface area (Å²) in [6.45, 7) is 0. The van der Waals surface area contributed by atoms with Gasteiger partial charge in [0.1, 0.15) is 0 Å². The van der Waals surface area contributed by atoms with Gasteiger partial charge in [-0.3, -0.25) is 0 Å². The normalized spacial score (nSPS) is 12.8. The largest absolute Gasteiger partial charge is 0.228 e. The van der Waals surface area contributed by atoms with Crippen molar-refractivity contribution in [1.29, 1.82) is 0 Å². The SMILES string of the molecule is c1ccc(-c2nc(-c3ccc4c(c3)C(c3ccccc3)(c3ccccc3)c3ccccc3-4)cc(-c3ccccc3-c3ccc4sc5ccccc5c4c3)n2)cc1. The van der Waals surface area contributed by atoms with Crippen molar-refractivity contribution < 1.29 is 0 Å². The number of thiophene rings is 1. The van der Waals surface area contributed by atoms with Gasteiger partial charge in [-0.2, -0.15) is 0 Å². The highest BCUT2D eigenvalue weighted by Gasteiger charge is 2.46. The van der Waals surface area contributed by atoms with Crippen LogP contribution in [-0.2, 0) is 5.41 Å². The van der Waals surface area contributed by atoms with Crippen molar-refractivity contribution in [2.24, 2.45) is 0 Å². The topological polar surface area (TPSA) is 25.8 Å². The second-order valence-electron chi connectivity index (χ2n) is 14.5. The summed E-state index contributed by atoms with van der Waals surface area (Å²) in [7, 11) is 0. The minimum atomic E-state index is -0.500. The van der Waals surface area contributed by atoms with Gasteiger partial charge in [-0.05, 0) is 74.8 Å². The van der Waals surface area contributed by atoms with Gasteiger partial charge in [-0.15, -0.1) is 11.3 Å². The standard InChI is InChI=1S/C53H34N2S/c1-4-16-35(17-5-1)52-54-48(34-49(55-52)43-24-11-10-22-40(43)36-29-31-51-45(32-36)44-25-13-15-27-50(44)56-51)37-28-30-42-41-23-12-14-26-46(41)53(47(42)33-37,38-18-6-2-7-19-38)39-20-8-3-9-21-39/h1-34H. The highest BCUT2D eigenvalue weighted by atomic mass is 32.1. The lowest BCUT2D eigenvalue weighted by Crippen LogP contribution is -2.28. The molecule has 0 radical (unpaired) electrons. The summed E-state index contributed by atoms with van der Waals surface area (Å²) < 4.78 is 2.60. The van der Waals surface area contributed by atoms with Crippen molar-refractivity contribution in [3.63, 3.8) is 0 Å². The molecule has 1 aliphatic rings. The molecule has 1 aliphatic carbocycles. The number of aromatic nitrogens is 2. The average molecular weight is 731 g/mol. The quantitative estimate of drug-likeness (QED) is 0.170. The maximum Gasteiger partial charge on any atom is 0.160 e. The molecule has 11 rings (SSSR count). The van der Waals surface area contributed by atoms with Crippen molar-refractivity contribution in [2.45, 2.75) is 5.41 Å². The first-order chi connectivity index (χ1) is 27.8. The molecular formula is C53H34N2S. The number of hydrogen-bond acceptors (Lipinski definition) is 3. The zero-order chi connectivity index (χ0) is 37.1. The molecule has 0 N–H and O–H groups in total. The van der Waals surface area contributed by atoms with E-state index in [4.69, 9.17) is 9.97 Å². The summed E-state index contributed by atoms with van der Waals surface area (Å²) in [6, 6.07) is 74.5. The Bertz CT molecular complexity index is 3040. The second kappa shape index (κ2) is 13.1. The Morgan fingerprint density at radius 2 is 0.911 bits per heavy atom. The van der Waals surface area contributed by atoms with Crippen LogP contribution in [0, 0.1) is 0 Å². The van der Waals surface area contributed by atoms with Crippen LogP contribution in [0.1, 0.15) is 22.3 Å². The van der Waals surface area contributed by atoms with Gasteiger partial charge in [0.2, 0.25) is 0 Å². The third-order valence-electron chi connectivity index (χ3n) is 11.4. The molecule has 0 saturated carbocycles. The summed E-state index contributed by atoms with van der Waals surface area (Å²) in [5.74, 6) is 0.702. The van der Waals surface area contributed by atoms with Gasteiger partial charge in [0.25, 0.3) is 0 Å². The number of fused-ring (bicyclic) bond motifs is 6. The maximum absolute atomic E-state index is 5.33. The third-order valence-corrected chi connectivity index (χ3v) is 12.6. The van der Waals surface area contributed by atoms with Gasteiger partial charge < -0.3 is 0 Å². The molecule has 0 saturated heterocycles. The molecule has 0 spiro atoms. The molecule has 0 amide bonds. The lowest BCUT2D eigenvalue weighted by molar-refractivity contribution is 0.768. The first kappa shape index (κ1) is 32.5. The van der Waals surface area contributed by atoms with Crippen molar-refractivity contribution in [3.05, 3.63) is 229 Å². The maximum atomic E-state index is 5.33. The minimum Gasteiger partial charge on any atom is -0.228 e. The third kappa shape index (κ3) is 5.09. The molecule has 0 aliphatic heterocycles. The fourth-order valence-electron chi connectivity index (χ4n) is 8.90. The smallest absolute Gasteiger partial charge is 0.160 e. The summed E-state index contributed by atoms with van der Waals surface area (Å²) in [4.78, 5) is 10.6. The van der Waals surface area contributed by atoms with Crippen LogP contribution >= 0.6 is 11.3 Å². The van der Waals surface area contributed by atoms with Gasteiger partial charge in [0, 0.05) is 36.9 Å². The molecule has 2 nitrogen and oxygen atoms in total. The lowest BCUT2D eigenvalue weighted by atomic mass is 9.67. The Balaban J connectivity index is 1.13. The molecule has 56 heavy (non-hydrogen) atoms. The first-order valence-corrected chi connectivity index (χ1v) is 19.9. The number of nitrogens with zero attached hydrogens (tertiary/aromatic N) is 2. The van der Waals surface area contributed by atoms with E-state index in [9.17, 15) is 0 Å². The monoisotopic (exact) mass is 730 g/mol. The molecule has 262 valence electrons. The average Bonchev–Trinajstić information content (AvgIpc) is 3.80. The van der Waals surface area contributed by atoms with Gasteiger partial charge in [0.05, 0.1) is 16.8 Å². The van der Waals surface area contributed by atoms with Gasteiger partial charge in [0.15, 0.2) is 5.82 Å². The number of rotatable bonds is 6. The molecule has 2 aromatic heterocycles. The van der Waals surface area contributed by atoms with Crippen LogP contribution < -0.4 is 0 Å². The summed E-state index contributed by atoms with van der Waals surface area (Å²) in [5, 5.41) is 2.58. The molecule has 0 bridgehead atoms. The summed E-state index contributed by atoms with van der Waals surface area (Å²) in [6.07, 6.45) is 0. The molecule has 0 atom stereocenters. The van der Waals surface area contributed by atoms with Crippen molar-refractivity contribution in [3.8, 4) is 56.2 Å². The van der Waals surface area contributed by atoms with Gasteiger partial charge in [-0.25, -0.2) is 9.97 Å². The van der Waals surface area contributed by atoms with E-state index in [-0.39, 0.29) is 0 Å². The fourth-order valence-corrected chi connectivity index (χ4v) is 9.99. The highest BCUT2D eigenvalue weighted by molar-refractivity contribution is 7.25. The van der Waals surface area contributed by atoms with Crippen LogP contribution in [0.3, 0.4) is 0 Å². The number of benzene rings is 8. The fraction of sp³-hybridized carbons (Fsp3) is 0.0189. The molecule has 10 aromatic rings. The van der Waals surface area contributed by atoms with E-state index in [0.29, 0.717) is 5.82 Å². The van der Waals surface area contributed by atoms with Crippen LogP contribution in [0.25, 0.3) is 76.3 Å². The number of hydrogen-bond donors (Lipinski definition) is 0. The second-order valence-corrected chi connectivity index (χ2v) is 15.6. The zero-order valence-corrected chi connectivity index (χ0v) is 31.2. The molecule has 0 fully saturated rings. The van der Waals surface area contributed by atoms with Crippen LogP contribution in [0.4, 0.5) is 0 Å². The molecule has 3 heteroatoms. The van der Waals surface area contributed by atoms with Crippen molar-refractivity contribution in [2.75, 3.05) is 0 Å². The summed E-state index contributed by atoms with van der Waals surface area (Å²) >= 11 is 1.85.